The van der Waals surface area contributed by atoms with Crippen molar-refractivity contribution in [1.29, 1.82) is 0 Å². The zero-order valence-corrected chi connectivity index (χ0v) is 20.1. The van der Waals surface area contributed by atoms with Crippen LogP contribution in [-0.2, 0) is 6.42 Å². The van der Waals surface area contributed by atoms with Gasteiger partial charge < -0.3 is 9.88 Å². The minimum atomic E-state index is -0.430. The van der Waals surface area contributed by atoms with Gasteiger partial charge in [0.1, 0.15) is 5.82 Å². The van der Waals surface area contributed by atoms with Crippen molar-refractivity contribution in [3.63, 3.8) is 0 Å². The SMILES string of the molecule is CC.O=c1[nH]c(C2CC=C(c3cccnc3N3CCCC3)CC2)c(Cc2ccccc2)c(=O)[nH]1. The molecule has 1 aliphatic heterocycles. The van der Waals surface area contributed by atoms with E-state index in [1.165, 1.54) is 24.0 Å². The van der Waals surface area contributed by atoms with Gasteiger partial charge in [0.05, 0.1) is 0 Å². The van der Waals surface area contributed by atoms with Crippen molar-refractivity contribution in [3.05, 3.63) is 98.0 Å². The smallest absolute Gasteiger partial charge is 0.325 e. The van der Waals surface area contributed by atoms with Gasteiger partial charge in [0, 0.05) is 48.4 Å². The molecule has 0 saturated carbocycles. The third-order valence-corrected chi connectivity index (χ3v) is 6.66. The Labute approximate surface area is 200 Å². The molecule has 1 aliphatic carbocycles. The van der Waals surface area contributed by atoms with Crippen LogP contribution in [0, 0.1) is 0 Å². The van der Waals surface area contributed by atoms with E-state index < -0.39 is 5.69 Å². The zero-order valence-electron chi connectivity index (χ0n) is 20.1. The van der Waals surface area contributed by atoms with Gasteiger partial charge in [-0.2, -0.15) is 0 Å². The Bertz CT molecular complexity index is 1240. The van der Waals surface area contributed by atoms with Crippen molar-refractivity contribution in [3.8, 4) is 0 Å². The Morgan fingerprint density at radius 2 is 1.76 bits per heavy atom. The standard InChI is InChI=1S/C26H28N4O2.C2H6/c31-25-22(17-18-7-2-1-3-8-18)23(28-26(32)29-25)20-12-10-19(11-13-20)21-9-6-14-27-24(21)30-15-4-5-16-30;1-2/h1-3,6-10,14,20H,4-5,11-13,15-17H2,(H2,28,29,31,32);1-2H3. The molecule has 6 nitrogen and oxygen atoms in total. The number of hydrogen-bond donors (Lipinski definition) is 2. The van der Waals surface area contributed by atoms with E-state index in [1.54, 1.807) is 0 Å². The molecule has 3 aromatic rings. The first-order valence-corrected chi connectivity index (χ1v) is 12.5. The minimum absolute atomic E-state index is 0.124. The molecule has 2 aliphatic rings. The first-order chi connectivity index (χ1) is 16.7. The Hall–Kier alpha value is -3.41. The zero-order chi connectivity index (χ0) is 23.9. The van der Waals surface area contributed by atoms with Crippen molar-refractivity contribution in [2.75, 3.05) is 18.0 Å². The number of hydrogen-bond acceptors (Lipinski definition) is 4. The molecular formula is C28H34N4O2. The molecule has 178 valence electrons. The van der Waals surface area contributed by atoms with Gasteiger partial charge in [-0.1, -0.05) is 50.3 Å². The molecular weight excluding hydrogens is 424 g/mol. The Morgan fingerprint density at radius 1 is 1.00 bits per heavy atom. The van der Waals surface area contributed by atoms with Gasteiger partial charge >= 0.3 is 5.69 Å². The summed E-state index contributed by atoms with van der Waals surface area (Å²) >= 11 is 0. The van der Waals surface area contributed by atoms with Crippen LogP contribution in [0.25, 0.3) is 5.57 Å². The Balaban J connectivity index is 0.00000133. The van der Waals surface area contributed by atoms with E-state index in [-0.39, 0.29) is 11.5 Å². The van der Waals surface area contributed by atoms with E-state index in [0.29, 0.717) is 12.0 Å². The van der Waals surface area contributed by atoms with Crippen LogP contribution < -0.4 is 16.1 Å². The van der Waals surface area contributed by atoms with E-state index in [2.05, 4.69) is 32.0 Å². The summed E-state index contributed by atoms with van der Waals surface area (Å²) < 4.78 is 0. The topological polar surface area (TPSA) is 81.8 Å². The predicted octanol–water partition coefficient (Wildman–Crippen LogP) is 5.03. The summed E-state index contributed by atoms with van der Waals surface area (Å²) in [5.41, 5.74) is 4.32. The Morgan fingerprint density at radius 3 is 2.47 bits per heavy atom. The summed E-state index contributed by atoms with van der Waals surface area (Å²) in [5, 5.41) is 0. The van der Waals surface area contributed by atoms with E-state index in [1.807, 2.05) is 56.4 Å². The van der Waals surface area contributed by atoms with Crippen LogP contribution in [0.5, 0.6) is 0 Å². The molecule has 1 saturated heterocycles. The number of aromatic nitrogens is 3. The molecule has 2 aromatic heterocycles. The highest BCUT2D eigenvalue weighted by atomic mass is 16.2. The fourth-order valence-electron chi connectivity index (χ4n) is 5.02. The average Bonchev–Trinajstić information content (AvgIpc) is 3.43. The maximum Gasteiger partial charge on any atom is 0.325 e. The Kier molecular flexibility index (Phi) is 7.78. The number of nitrogens with one attached hydrogen (secondary N) is 2. The fourth-order valence-corrected chi connectivity index (χ4v) is 5.02. The molecule has 6 heteroatoms. The highest BCUT2D eigenvalue weighted by Gasteiger charge is 2.25. The lowest BCUT2D eigenvalue weighted by Gasteiger charge is -2.26. The van der Waals surface area contributed by atoms with Gasteiger partial charge in [-0.25, -0.2) is 9.78 Å². The largest absolute Gasteiger partial charge is 0.356 e. The molecule has 0 spiro atoms. The molecule has 34 heavy (non-hydrogen) atoms. The normalized spacial score (nSPS) is 17.6. The second-order valence-electron chi connectivity index (χ2n) is 8.73. The van der Waals surface area contributed by atoms with Crippen molar-refractivity contribution < 1.29 is 0 Å². The molecule has 2 N–H and O–H groups in total. The molecule has 1 atom stereocenters. The van der Waals surface area contributed by atoms with E-state index >= 15 is 0 Å². The number of aromatic amines is 2. The summed E-state index contributed by atoms with van der Waals surface area (Å²) in [6.07, 6.45) is 9.69. The first-order valence-electron chi connectivity index (χ1n) is 12.5. The molecule has 3 heterocycles. The monoisotopic (exact) mass is 458 g/mol. The van der Waals surface area contributed by atoms with Crippen molar-refractivity contribution in [1.82, 2.24) is 15.0 Å². The van der Waals surface area contributed by atoms with E-state index in [4.69, 9.17) is 0 Å². The van der Waals surface area contributed by atoms with Gasteiger partial charge in [-0.3, -0.25) is 9.78 Å². The van der Waals surface area contributed by atoms with Gasteiger partial charge in [-0.05, 0) is 55.4 Å². The van der Waals surface area contributed by atoms with Crippen LogP contribution in [0.15, 0.2) is 64.3 Å². The lowest BCUT2D eigenvalue weighted by Crippen LogP contribution is -2.30. The van der Waals surface area contributed by atoms with Gasteiger partial charge in [-0.15, -0.1) is 0 Å². The average molecular weight is 459 g/mol. The highest BCUT2D eigenvalue weighted by molar-refractivity contribution is 5.75. The van der Waals surface area contributed by atoms with Crippen LogP contribution in [0.3, 0.4) is 0 Å². The highest BCUT2D eigenvalue weighted by Crippen LogP contribution is 2.38. The number of anilines is 1. The van der Waals surface area contributed by atoms with E-state index in [9.17, 15) is 9.59 Å². The molecule has 5 rings (SSSR count). The number of allylic oxidation sites excluding steroid dienone is 2. The number of benzene rings is 1. The molecule has 0 bridgehead atoms. The number of rotatable bonds is 5. The van der Waals surface area contributed by atoms with Crippen molar-refractivity contribution >= 4 is 11.4 Å². The second kappa shape index (κ2) is 11.1. The summed E-state index contributed by atoms with van der Waals surface area (Å²) in [6.45, 7) is 6.13. The molecule has 1 fully saturated rings. The number of pyridine rings is 1. The summed E-state index contributed by atoms with van der Waals surface area (Å²) in [7, 11) is 0. The van der Waals surface area contributed by atoms with Crippen LogP contribution >= 0.6 is 0 Å². The van der Waals surface area contributed by atoms with Gasteiger partial charge in [0.15, 0.2) is 0 Å². The quantitative estimate of drug-likeness (QED) is 0.562. The summed E-state index contributed by atoms with van der Waals surface area (Å²) in [6, 6.07) is 14.1. The number of nitrogens with zero attached hydrogens (tertiary/aromatic N) is 2. The fraction of sp³-hybridized carbons (Fsp3) is 0.393. The van der Waals surface area contributed by atoms with Crippen molar-refractivity contribution in [2.24, 2.45) is 0 Å². The van der Waals surface area contributed by atoms with E-state index in [0.717, 1.165) is 49.4 Å². The first kappa shape index (κ1) is 23.7. The molecule has 1 aromatic carbocycles. The lowest BCUT2D eigenvalue weighted by atomic mass is 9.83. The van der Waals surface area contributed by atoms with Gasteiger partial charge in [0.2, 0.25) is 0 Å². The summed E-state index contributed by atoms with van der Waals surface area (Å²) in [5.74, 6) is 1.21. The summed E-state index contributed by atoms with van der Waals surface area (Å²) in [4.78, 5) is 37.2. The molecule has 1 unspecified atom stereocenters. The lowest BCUT2D eigenvalue weighted by molar-refractivity contribution is 0.595. The third kappa shape index (κ3) is 5.22. The third-order valence-electron chi connectivity index (χ3n) is 6.66. The van der Waals surface area contributed by atoms with Crippen LogP contribution in [-0.4, -0.2) is 28.0 Å². The predicted molar refractivity (Wildman–Crippen MR) is 139 cm³/mol. The van der Waals surface area contributed by atoms with Crippen LogP contribution in [0.2, 0.25) is 0 Å². The van der Waals surface area contributed by atoms with Gasteiger partial charge in [0.25, 0.3) is 5.56 Å². The van der Waals surface area contributed by atoms with Crippen LogP contribution in [0.1, 0.15) is 74.3 Å². The van der Waals surface area contributed by atoms with Crippen LogP contribution in [0.4, 0.5) is 5.82 Å². The second-order valence-corrected chi connectivity index (χ2v) is 8.73. The minimum Gasteiger partial charge on any atom is -0.356 e. The molecule has 0 radical (unpaired) electrons. The van der Waals surface area contributed by atoms with Crippen molar-refractivity contribution in [2.45, 2.75) is 58.3 Å². The number of H-pyrrole nitrogens is 2. The maximum atomic E-state index is 12.7. The maximum absolute atomic E-state index is 12.7. The molecule has 0 amide bonds.